The number of hydrogen-bond donors (Lipinski definition) is 1. The smallest absolute Gasteiger partial charge is 0.239 e. The summed E-state index contributed by atoms with van der Waals surface area (Å²) < 4.78 is 12.0. The van der Waals surface area contributed by atoms with Gasteiger partial charge in [0.25, 0.3) is 0 Å². The monoisotopic (exact) mass is 284 g/mol. The summed E-state index contributed by atoms with van der Waals surface area (Å²) in [5, 5.41) is 5.03. The second-order valence-electron chi connectivity index (χ2n) is 6.66. The molecule has 1 aliphatic heterocycles. The fourth-order valence-corrected chi connectivity index (χ4v) is 3.55. The van der Waals surface area contributed by atoms with Crippen LogP contribution in [-0.2, 0) is 19.3 Å². The van der Waals surface area contributed by atoms with Gasteiger partial charge in [0.05, 0.1) is 0 Å². The molecule has 21 heavy (non-hydrogen) atoms. The second-order valence-corrected chi connectivity index (χ2v) is 6.66. The van der Waals surface area contributed by atoms with Gasteiger partial charge in [-0.25, -0.2) is 0 Å². The quantitative estimate of drug-likeness (QED) is 0.597. The molecule has 4 nitrogen and oxygen atoms in total. The van der Waals surface area contributed by atoms with Crippen LogP contribution in [0, 0.1) is 0 Å². The Bertz CT molecular complexity index is 803. The highest BCUT2D eigenvalue weighted by Gasteiger charge is 2.28. The summed E-state index contributed by atoms with van der Waals surface area (Å²) in [4.78, 5) is 0. The Morgan fingerprint density at radius 3 is 2.76 bits per heavy atom. The Labute approximate surface area is 123 Å². The molecule has 4 heteroatoms. The predicted octanol–water partition coefficient (Wildman–Crippen LogP) is 2.80. The molecule has 0 amide bonds. The molecule has 4 rings (SSSR count). The van der Waals surface area contributed by atoms with Crippen molar-refractivity contribution in [2.45, 2.75) is 51.6 Å². The standard InChI is InChI=1S/C17H20N2O2/c1-17(2)7-6-10-8-13-11-4-3-5-12(11)16(19-18)20-15(13)9-14(10)21-17/h8-9H,3-7,18H2,1-2H3/b19-16-. The van der Waals surface area contributed by atoms with Crippen LogP contribution < -0.4 is 16.1 Å². The third-order valence-electron chi connectivity index (χ3n) is 4.67. The molecule has 0 atom stereocenters. The largest absolute Gasteiger partial charge is 0.487 e. The fraction of sp³-hybridized carbons (Fsp3) is 0.471. The van der Waals surface area contributed by atoms with Crippen LogP contribution in [-0.4, -0.2) is 5.60 Å². The lowest BCUT2D eigenvalue weighted by Gasteiger charge is -2.32. The van der Waals surface area contributed by atoms with Gasteiger partial charge in [-0.05, 0) is 63.1 Å². The van der Waals surface area contributed by atoms with Crippen LogP contribution in [0.5, 0.6) is 5.75 Å². The van der Waals surface area contributed by atoms with Gasteiger partial charge in [0, 0.05) is 17.0 Å². The molecule has 2 heterocycles. The molecule has 0 radical (unpaired) electrons. The Balaban J connectivity index is 2.00. The molecule has 0 fully saturated rings. The number of benzene rings is 1. The van der Waals surface area contributed by atoms with Gasteiger partial charge in [0.1, 0.15) is 16.9 Å². The number of rotatable bonds is 0. The van der Waals surface area contributed by atoms with E-state index in [4.69, 9.17) is 15.0 Å². The number of fused-ring (bicyclic) bond motifs is 4. The molecule has 1 aromatic carbocycles. The summed E-state index contributed by atoms with van der Waals surface area (Å²) in [6.45, 7) is 4.25. The molecule has 1 aromatic heterocycles. The van der Waals surface area contributed by atoms with E-state index in [9.17, 15) is 0 Å². The van der Waals surface area contributed by atoms with Gasteiger partial charge >= 0.3 is 0 Å². The molecule has 1 aliphatic carbocycles. The van der Waals surface area contributed by atoms with E-state index in [1.807, 2.05) is 6.07 Å². The highest BCUT2D eigenvalue weighted by Crippen LogP contribution is 2.38. The number of aryl methyl sites for hydroxylation is 2. The molecular formula is C17H20N2O2. The molecule has 0 unspecified atom stereocenters. The van der Waals surface area contributed by atoms with Crippen LogP contribution in [0.15, 0.2) is 21.7 Å². The van der Waals surface area contributed by atoms with Gasteiger partial charge in [0.2, 0.25) is 5.55 Å². The van der Waals surface area contributed by atoms with E-state index in [0.29, 0.717) is 5.55 Å². The first kappa shape index (κ1) is 12.7. The number of nitrogens with two attached hydrogens (primary N) is 1. The average molecular weight is 284 g/mol. The van der Waals surface area contributed by atoms with Gasteiger partial charge in [-0.2, -0.15) is 0 Å². The van der Waals surface area contributed by atoms with Crippen molar-refractivity contribution in [3.05, 3.63) is 34.4 Å². The van der Waals surface area contributed by atoms with Crippen LogP contribution in [0.1, 0.15) is 43.4 Å². The van der Waals surface area contributed by atoms with Gasteiger partial charge in [-0.3, -0.25) is 0 Å². The Morgan fingerprint density at radius 1 is 1.14 bits per heavy atom. The SMILES string of the molecule is CC1(C)CCc2cc3c4c(/c(=N/N)oc3cc2O1)CCC4. The summed E-state index contributed by atoms with van der Waals surface area (Å²) in [5.74, 6) is 6.43. The summed E-state index contributed by atoms with van der Waals surface area (Å²) in [5.41, 5.74) is 5.11. The molecule has 2 aliphatic rings. The maximum atomic E-state index is 6.10. The molecule has 110 valence electrons. The first-order valence-electron chi connectivity index (χ1n) is 7.62. The minimum atomic E-state index is -0.113. The van der Waals surface area contributed by atoms with Crippen molar-refractivity contribution in [2.24, 2.45) is 10.9 Å². The summed E-state index contributed by atoms with van der Waals surface area (Å²) in [6.07, 6.45) is 5.32. The van der Waals surface area contributed by atoms with Crippen molar-refractivity contribution in [3.8, 4) is 5.75 Å². The van der Waals surface area contributed by atoms with Crippen molar-refractivity contribution in [1.82, 2.24) is 0 Å². The van der Waals surface area contributed by atoms with Crippen molar-refractivity contribution in [2.75, 3.05) is 0 Å². The van der Waals surface area contributed by atoms with Crippen molar-refractivity contribution >= 4 is 11.0 Å². The Kier molecular flexibility index (Phi) is 2.59. The summed E-state index contributed by atoms with van der Waals surface area (Å²) in [7, 11) is 0. The summed E-state index contributed by atoms with van der Waals surface area (Å²) in [6, 6.07) is 4.26. The number of nitrogens with zero attached hydrogens (tertiary/aromatic N) is 1. The van der Waals surface area contributed by atoms with Crippen molar-refractivity contribution in [3.63, 3.8) is 0 Å². The van der Waals surface area contributed by atoms with Crippen molar-refractivity contribution in [1.29, 1.82) is 0 Å². The van der Waals surface area contributed by atoms with E-state index in [-0.39, 0.29) is 5.60 Å². The Hall–Kier alpha value is -1.97. The van der Waals surface area contributed by atoms with Crippen LogP contribution in [0.25, 0.3) is 11.0 Å². The lowest BCUT2D eigenvalue weighted by atomic mass is 9.92. The topological polar surface area (TPSA) is 60.8 Å². The fourth-order valence-electron chi connectivity index (χ4n) is 3.55. The average Bonchev–Trinajstić information content (AvgIpc) is 2.93. The minimum absolute atomic E-state index is 0.113. The third-order valence-corrected chi connectivity index (χ3v) is 4.67. The highest BCUT2D eigenvalue weighted by atomic mass is 16.5. The maximum Gasteiger partial charge on any atom is 0.239 e. The zero-order valence-corrected chi connectivity index (χ0v) is 12.5. The normalized spacial score (nSPS) is 20.2. The first-order chi connectivity index (χ1) is 10.1. The van der Waals surface area contributed by atoms with Crippen LogP contribution in [0.3, 0.4) is 0 Å². The molecule has 0 saturated heterocycles. The van der Waals surface area contributed by atoms with Gasteiger partial charge in [-0.15, -0.1) is 5.10 Å². The van der Waals surface area contributed by atoms with Crippen LogP contribution in [0.2, 0.25) is 0 Å². The van der Waals surface area contributed by atoms with Crippen molar-refractivity contribution < 1.29 is 9.15 Å². The first-order valence-corrected chi connectivity index (χ1v) is 7.62. The van der Waals surface area contributed by atoms with E-state index in [1.165, 1.54) is 22.1 Å². The predicted molar refractivity (Wildman–Crippen MR) is 81.0 cm³/mol. The molecule has 2 N–H and O–H groups in total. The zero-order valence-electron chi connectivity index (χ0n) is 12.5. The number of hydrogen-bond acceptors (Lipinski definition) is 4. The molecule has 2 aromatic rings. The van der Waals surface area contributed by atoms with Crippen LogP contribution in [0.4, 0.5) is 0 Å². The van der Waals surface area contributed by atoms with E-state index in [2.05, 4.69) is 25.0 Å². The lowest BCUT2D eigenvalue weighted by Crippen LogP contribution is -2.32. The zero-order chi connectivity index (χ0) is 14.6. The van der Waals surface area contributed by atoms with E-state index in [0.717, 1.165) is 43.4 Å². The van der Waals surface area contributed by atoms with Gasteiger partial charge in [0.15, 0.2) is 0 Å². The van der Waals surface area contributed by atoms with E-state index in [1.54, 1.807) is 0 Å². The van der Waals surface area contributed by atoms with E-state index < -0.39 is 0 Å². The lowest BCUT2D eigenvalue weighted by molar-refractivity contribution is 0.0848. The Morgan fingerprint density at radius 2 is 1.95 bits per heavy atom. The molecule has 0 saturated carbocycles. The molecule has 0 bridgehead atoms. The second kappa shape index (κ2) is 4.26. The van der Waals surface area contributed by atoms with E-state index >= 15 is 0 Å². The number of ether oxygens (including phenoxy) is 1. The highest BCUT2D eigenvalue weighted by molar-refractivity contribution is 5.84. The maximum absolute atomic E-state index is 6.10. The van der Waals surface area contributed by atoms with Crippen LogP contribution >= 0.6 is 0 Å². The minimum Gasteiger partial charge on any atom is -0.487 e. The molecular weight excluding hydrogens is 264 g/mol. The molecule has 0 spiro atoms. The van der Waals surface area contributed by atoms with Gasteiger partial charge in [-0.1, -0.05) is 0 Å². The third kappa shape index (κ3) is 1.93. The summed E-state index contributed by atoms with van der Waals surface area (Å²) >= 11 is 0. The van der Waals surface area contributed by atoms with Gasteiger partial charge < -0.3 is 15.0 Å².